The van der Waals surface area contributed by atoms with Crippen LogP contribution in [0.2, 0.25) is 0 Å². The maximum atomic E-state index is 12.7. The van der Waals surface area contributed by atoms with Gasteiger partial charge in [0, 0.05) is 36.5 Å². The van der Waals surface area contributed by atoms with E-state index in [2.05, 4.69) is 59.0 Å². The zero-order chi connectivity index (χ0) is 19.9. The maximum absolute atomic E-state index is 12.7. The van der Waals surface area contributed by atoms with Crippen molar-refractivity contribution < 1.29 is 4.79 Å². The van der Waals surface area contributed by atoms with E-state index >= 15 is 0 Å². The molecule has 1 aliphatic carbocycles. The van der Waals surface area contributed by atoms with Crippen molar-refractivity contribution in [2.45, 2.75) is 51.1 Å². The third-order valence-corrected chi connectivity index (χ3v) is 6.78. The molecule has 0 radical (unpaired) electrons. The largest absolute Gasteiger partial charge is 0.357 e. The van der Waals surface area contributed by atoms with Gasteiger partial charge in [-0.15, -0.1) is 35.3 Å². The van der Waals surface area contributed by atoms with E-state index in [0.717, 1.165) is 44.9 Å². The predicted molar refractivity (Wildman–Crippen MR) is 132 cm³/mol. The predicted octanol–water partition coefficient (Wildman–Crippen LogP) is 3.32. The smallest absolute Gasteiger partial charge is 0.225 e. The van der Waals surface area contributed by atoms with Gasteiger partial charge in [-0.2, -0.15) is 0 Å². The van der Waals surface area contributed by atoms with Crippen LogP contribution in [0.25, 0.3) is 0 Å². The lowest BCUT2D eigenvalue weighted by atomic mass is 10.1. The number of likely N-dealkylation sites (tertiary alicyclic amines) is 1. The van der Waals surface area contributed by atoms with Crippen LogP contribution in [0.1, 0.15) is 49.9 Å². The SMILES string of the molecule is CCNC(=NCC(c1cccs1)N(C)C)NC1CCN(C(=O)C2CCCC2)C1.I. The number of amides is 1. The number of aliphatic imine (C=N–C) groups is 1. The Balaban J connectivity index is 0.00000300. The summed E-state index contributed by atoms with van der Waals surface area (Å²) in [4.78, 5) is 23.1. The first-order chi connectivity index (χ1) is 13.6. The van der Waals surface area contributed by atoms with Crippen molar-refractivity contribution in [1.29, 1.82) is 0 Å². The van der Waals surface area contributed by atoms with Crippen LogP contribution >= 0.6 is 35.3 Å². The van der Waals surface area contributed by atoms with Crippen LogP contribution in [0.5, 0.6) is 0 Å². The third-order valence-electron chi connectivity index (χ3n) is 5.81. The van der Waals surface area contributed by atoms with Crippen LogP contribution in [0, 0.1) is 5.92 Å². The number of nitrogens with zero attached hydrogens (tertiary/aromatic N) is 3. The van der Waals surface area contributed by atoms with E-state index in [9.17, 15) is 4.79 Å². The highest BCUT2D eigenvalue weighted by atomic mass is 127. The van der Waals surface area contributed by atoms with Crippen molar-refractivity contribution in [2.75, 3.05) is 40.3 Å². The molecule has 2 fully saturated rings. The van der Waals surface area contributed by atoms with Crippen molar-refractivity contribution in [1.82, 2.24) is 20.4 Å². The number of guanidine groups is 1. The Bertz CT molecular complexity index is 646. The van der Waals surface area contributed by atoms with Crippen molar-refractivity contribution in [3.63, 3.8) is 0 Å². The molecule has 1 amide bonds. The first-order valence-electron chi connectivity index (χ1n) is 10.6. The van der Waals surface area contributed by atoms with Gasteiger partial charge in [0.2, 0.25) is 5.91 Å². The molecule has 0 aromatic carbocycles. The molecule has 2 N–H and O–H groups in total. The summed E-state index contributed by atoms with van der Waals surface area (Å²) in [5, 5.41) is 9.05. The van der Waals surface area contributed by atoms with Gasteiger partial charge in [0.05, 0.1) is 12.6 Å². The van der Waals surface area contributed by atoms with Crippen molar-refractivity contribution in [3.8, 4) is 0 Å². The number of hydrogen-bond acceptors (Lipinski definition) is 4. The third kappa shape index (κ3) is 6.82. The molecule has 0 spiro atoms. The first kappa shape index (κ1) is 24.4. The number of nitrogens with one attached hydrogen (secondary N) is 2. The number of hydrogen-bond donors (Lipinski definition) is 2. The summed E-state index contributed by atoms with van der Waals surface area (Å²) in [5.41, 5.74) is 0. The highest BCUT2D eigenvalue weighted by Gasteiger charge is 2.32. The Morgan fingerprint density at radius 3 is 2.72 bits per heavy atom. The molecular formula is C21H36IN5OS. The zero-order valence-corrected chi connectivity index (χ0v) is 21.0. The minimum atomic E-state index is 0. The fourth-order valence-electron chi connectivity index (χ4n) is 4.19. The Hall–Kier alpha value is -0.870. The van der Waals surface area contributed by atoms with Crippen LogP contribution in [0.4, 0.5) is 0 Å². The Morgan fingerprint density at radius 1 is 1.34 bits per heavy atom. The Kier molecular flexibility index (Phi) is 10.2. The molecule has 164 valence electrons. The second-order valence-electron chi connectivity index (χ2n) is 8.11. The summed E-state index contributed by atoms with van der Waals surface area (Å²) in [5.74, 6) is 1.49. The van der Waals surface area contributed by atoms with Gasteiger partial charge >= 0.3 is 0 Å². The summed E-state index contributed by atoms with van der Waals surface area (Å²) in [6, 6.07) is 4.83. The molecule has 6 nitrogen and oxygen atoms in total. The number of likely N-dealkylation sites (N-methyl/N-ethyl adjacent to an activating group) is 1. The summed E-state index contributed by atoms with van der Waals surface area (Å²) in [7, 11) is 4.20. The fraction of sp³-hybridized carbons (Fsp3) is 0.714. The molecule has 1 aromatic heterocycles. The Labute approximate surface area is 196 Å². The van der Waals surface area contributed by atoms with E-state index < -0.39 is 0 Å². The molecule has 8 heteroatoms. The lowest BCUT2D eigenvalue weighted by Gasteiger charge is -2.23. The number of thiophene rings is 1. The van der Waals surface area contributed by atoms with E-state index in [-0.39, 0.29) is 42.0 Å². The molecule has 2 heterocycles. The van der Waals surface area contributed by atoms with E-state index in [1.807, 2.05) is 0 Å². The second kappa shape index (κ2) is 12.1. The van der Waals surface area contributed by atoms with Gasteiger partial charge in [-0.3, -0.25) is 9.79 Å². The van der Waals surface area contributed by atoms with Gasteiger partial charge in [-0.05, 0) is 51.7 Å². The van der Waals surface area contributed by atoms with Crippen molar-refractivity contribution in [2.24, 2.45) is 10.9 Å². The van der Waals surface area contributed by atoms with Gasteiger partial charge in [0.25, 0.3) is 0 Å². The van der Waals surface area contributed by atoms with Gasteiger partial charge in [0.1, 0.15) is 0 Å². The van der Waals surface area contributed by atoms with E-state index in [1.165, 1.54) is 17.7 Å². The minimum Gasteiger partial charge on any atom is -0.357 e. The summed E-state index contributed by atoms with van der Waals surface area (Å²) < 4.78 is 0. The van der Waals surface area contributed by atoms with Crippen LogP contribution in [0.15, 0.2) is 22.5 Å². The lowest BCUT2D eigenvalue weighted by Crippen LogP contribution is -2.45. The summed E-state index contributed by atoms with van der Waals surface area (Å²) in [6.07, 6.45) is 5.56. The molecule has 0 bridgehead atoms. The van der Waals surface area contributed by atoms with Gasteiger partial charge in [-0.1, -0.05) is 18.9 Å². The highest BCUT2D eigenvalue weighted by molar-refractivity contribution is 14.0. The number of carbonyl (C=O) groups excluding carboxylic acids is 1. The van der Waals surface area contributed by atoms with Crippen LogP contribution in [0.3, 0.4) is 0 Å². The molecule has 1 aromatic rings. The fourth-order valence-corrected chi connectivity index (χ4v) is 5.10. The molecule has 2 unspecified atom stereocenters. The number of halogens is 1. The number of rotatable bonds is 7. The standard InChI is InChI=1S/C21H35N5OS.HI/c1-4-22-21(23-14-18(25(2)3)19-10-7-13-28-19)24-17-11-12-26(15-17)20(27)16-8-5-6-9-16;/h7,10,13,16-18H,4-6,8-9,11-12,14-15H2,1-3H3,(H2,22,23,24);1H. The lowest BCUT2D eigenvalue weighted by molar-refractivity contribution is -0.134. The van der Waals surface area contributed by atoms with Crippen molar-refractivity contribution >= 4 is 47.2 Å². The monoisotopic (exact) mass is 533 g/mol. The van der Waals surface area contributed by atoms with E-state index in [0.29, 0.717) is 12.5 Å². The summed E-state index contributed by atoms with van der Waals surface area (Å²) in [6.45, 7) is 5.28. The van der Waals surface area contributed by atoms with Crippen LogP contribution < -0.4 is 10.6 Å². The van der Waals surface area contributed by atoms with E-state index in [4.69, 9.17) is 4.99 Å². The highest BCUT2D eigenvalue weighted by Crippen LogP contribution is 2.28. The molecule has 1 saturated carbocycles. The van der Waals surface area contributed by atoms with Gasteiger partial charge in [-0.25, -0.2) is 0 Å². The van der Waals surface area contributed by atoms with Crippen LogP contribution in [-0.4, -0.2) is 68.0 Å². The zero-order valence-electron chi connectivity index (χ0n) is 17.9. The van der Waals surface area contributed by atoms with Crippen LogP contribution in [-0.2, 0) is 4.79 Å². The molecule has 3 rings (SSSR count). The molecule has 2 atom stereocenters. The topological polar surface area (TPSA) is 60.0 Å². The first-order valence-corrected chi connectivity index (χ1v) is 11.5. The van der Waals surface area contributed by atoms with Gasteiger partial charge < -0.3 is 20.4 Å². The summed E-state index contributed by atoms with van der Waals surface area (Å²) >= 11 is 1.78. The molecule has 1 saturated heterocycles. The molecule has 29 heavy (non-hydrogen) atoms. The number of carbonyl (C=O) groups is 1. The average molecular weight is 534 g/mol. The maximum Gasteiger partial charge on any atom is 0.225 e. The van der Waals surface area contributed by atoms with Crippen molar-refractivity contribution in [3.05, 3.63) is 22.4 Å². The average Bonchev–Trinajstić information content (AvgIpc) is 3.43. The minimum absolute atomic E-state index is 0. The molecular weight excluding hydrogens is 497 g/mol. The van der Waals surface area contributed by atoms with E-state index in [1.54, 1.807) is 11.3 Å². The quantitative estimate of drug-likeness (QED) is 0.321. The second-order valence-corrected chi connectivity index (χ2v) is 9.09. The molecule has 2 aliphatic rings. The molecule has 1 aliphatic heterocycles. The Morgan fingerprint density at radius 2 is 2.10 bits per heavy atom. The van der Waals surface area contributed by atoms with Gasteiger partial charge in [0.15, 0.2) is 5.96 Å². The normalized spacial score (nSPS) is 21.3.